The van der Waals surface area contributed by atoms with Crippen molar-refractivity contribution in [1.29, 1.82) is 0 Å². The van der Waals surface area contributed by atoms with Gasteiger partial charge in [-0.25, -0.2) is 9.18 Å². The van der Waals surface area contributed by atoms with E-state index in [1.54, 1.807) is 13.0 Å². The zero-order chi connectivity index (χ0) is 21.0. The zero-order valence-corrected chi connectivity index (χ0v) is 17.5. The third kappa shape index (κ3) is 3.11. The normalized spacial score (nSPS) is 23.6. The standard InChI is InChI=1S/C23H28FN3O3/c1-3-30-23(29)17-9-16(14-6-7-14)20-13(2)21(18(24)11-27(20)22(17)28)26-10-15-5-4-8-25-19(15)12-26/h9,11,14-15,19,25H,3-8,10,12H2,1-2H3/t15-,19+/m0/s1. The van der Waals surface area contributed by atoms with Gasteiger partial charge in [0.25, 0.3) is 5.56 Å². The van der Waals surface area contributed by atoms with Crippen molar-refractivity contribution in [2.75, 3.05) is 31.1 Å². The maximum absolute atomic E-state index is 15.4. The lowest BCUT2D eigenvalue weighted by atomic mass is 9.94. The highest BCUT2D eigenvalue weighted by Gasteiger charge is 2.37. The number of nitrogens with one attached hydrogen (secondary N) is 1. The van der Waals surface area contributed by atoms with Crippen molar-refractivity contribution in [2.24, 2.45) is 5.92 Å². The highest BCUT2D eigenvalue weighted by molar-refractivity contribution is 5.90. The molecule has 1 N–H and O–H groups in total. The number of fused-ring (bicyclic) bond motifs is 2. The maximum Gasteiger partial charge on any atom is 0.343 e. The molecule has 1 aliphatic carbocycles. The number of esters is 1. The van der Waals surface area contributed by atoms with Gasteiger partial charge in [-0.15, -0.1) is 0 Å². The Hall–Kier alpha value is -2.41. The average Bonchev–Trinajstić information content (AvgIpc) is 3.47. The predicted octanol–water partition coefficient (Wildman–Crippen LogP) is 2.99. The van der Waals surface area contributed by atoms with E-state index in [1.165, 1.54) is 10.6 Å². The fourth-order valence-corrected chi connectivity index (χ4v) is 5.32. The Morgan fingerprint density at radius 1 is 1.30 bits per heavy atom. The number of nitrogens with zero attached hydrogens (tertiary/aromatic N) is 2. The average molecular weight is 413 g/mol. The number of carbonyl (C=O) groups is 1. The summed E-state index contributed by atoms with van der Waals surface area (Å²) in [4.78, 5) is 27.5. The van der Waals surface area contributed by atoms with Crippen LogP contribution in [0.4, 0.5) is 10.1 Å². The second-order valence-corrected chi connectivity index (χ2v) is 8.85. The smallest absolute Gasteiger partial charge is 0.343 e. The number of carbonyl (C=O) groups excluding carboxylic acids is 1. The van der Waals surface area contributed by atoms with Crippen molar-refractivity contribution in [3.05, 3.63) is 45.1 Å². The van der Waals surface area contributed by atoms with Crippen LogP contribution in [-0.4, -0.2) is 42.7 Å². The molecule has 6 nitrogen and oxygen atoms in total. The van der Waals surface area contributed by atoms with Gasteiger partial charge >= 0.3 is 5.97 Å². The number of halogens is 1. The highest BCUT2D eigenvalue weighted by Crippen LogP contribution is 2.44. The Kier molecular flexibility index (Phi) is 4.81. The van der Waals surface area contributed by atoms with Crippen LogP contribution in [0.25, 0.3) is 5.52 Å². The van der Waals surface area contributed by atoms with Crippen LogP contribution < -0.4 is 15.8 Å². The molecule has 3 fully saturated rings. The van der Waals surface area contributed by atoms with Gasteiger partial charge in [-0.2, -0.15) is 0 Å². The van der Waals surface area contributed by atoms with Crippen molar-refractivity contribution in [3.8, 4) is 0 Å². The lowest BCUT2D eigenvalue weighted by Gasteiger charge is -2.24. The van der Waals surface area contributed by atoms with E-state index in [1.807, 2.05) is 6.92 Å². The summed E-state index contributed by atoms with van der Waals surface area (Å²) in [6.45, 7) is 6.43. The predicted molar refractivity (Wildman–Crippen MR) is 113 cm³/mol. The summed E-state index contributed by atoms with van der Waals surface area (Å²) in [5, 5.41) is 3.57. The topological polar surface area (TPSA) is 63.1 Å². The number of aromatic nitrogens is 1. The van der Waals surface area contributed by atoms with E-state index in [0.717, 1.165) is 62.0 Å². The van der Waals surface area contributed by atoms with Crippen LogP contribution in [0.2, 0.25) is 0 Å². The molecule has 160 valence electrons. The van der Waals surface area contributed by atoms with Crippen molar-refractivity contribution in [2.45, 2.75) is 51.5 Å². The zero-order valence-electron chi connectivity index (χ0n) is 17.5. The largest absolute Gasteiger partial charge is 0.462 e. The number of aryl methyl sites for hydroxylation is 1. The Balaban J connectivity index is 1.66. The molecule has 2 saturated heterocycles. The number of anilines is 1. The molecule has 2 atom stereocenters. The van der Waals surface area contributed by atoms with Crippen molar-refractivity contribution < 1.29 is 13.9 Å². The molecular weight excluding hydrogens is 385 g/mol. The minimum atomic E-state index is -0.643. The van der Waals surface area contributed by atoms with Gasteiger partial charge in [0.1, 0.15) is 5.56 Å². The number of ether oxygens (including phenoxy) is 1. The summed E-state index contributed by atoms with van der Waals surface area (Å²) in [6.07, 6.45) is 5.62. The van der Waals surface area contributed by atoms with Crippen LogP contribution in [0.1, 0.15) is 60.0 Å². The van der Waals surface area contributed by atoms with E-state index < -0.39 is 17.3 Å². The molecule has 2 aliphatic heterocycles. The molecule has 7 heteroatoms. The van der Waals surface area contributed by atoms with Crippen LogP contribution in [0.15, 0.2) is 17.1 Å². The molecule has 0 spiro atoms. The van der Waals surface area contributed by atoms with E-state index in [9.17, 15) is 9.59 Å². The molecule has 4 heterocycles. The van der Waals surface area contributed by atoms with Gasteiger partial charge in [0.2, 0.25) is 0 Å². The van der Waals surface area contributed by atoms with Gasteiger partial charge in [-0.1, -0.05) is 0 Å². The lowest BCUT2D eigenvalue weighted by Crippen LogP contribution is -2.40. The van der Waals surface area contributed by atoms with Gasteiger partial charge < -0.3 is 15.0 Å². The molecule has 0 unspecified atom stereocenters. The van der Waals surface area contributed by atoms with Gasteiger partial charge in [0, 0.05) is 19.1 Å². The van der Waals surface area contributed by atoms with E-state index in [4.69, 9.17) is 4.74 Å². The highest BCUT2D eigenvalue weighted by atomic mass is 19.1. The van der Waals surface area contributed by atoms with E-state index in [2.05, 4.69) is 10.2 Å². The minimum Gasteiger partial charge on any atom is -0.462 e. The summed E-state index contributed by atoms with van der Waals surface area (Å²) < 4.78 is 21.8. The number of hydrogen-bond acceptors (Lipinski definition) is 5. The molecule has 2 aromatic rings. The Morgan fingerprint density at radius 2 is 2.10 bits per heavy atom. The van der Waals surface area contributed by atoms with Crippen molar-refractivity contribution in [1.82, 2.24) is 9.72 Å². The molecule has 5 rings (SSSR count). The lowest BCUT2D eigenvalue weighted by molar-refractivity contribution is 0.0524. The first-order valence-corrected chi connectivity index (χ1v) is 11.0. The Labute approximate surface area is 175 Å². The van der Waals surface area contributed by atoms with Crippen molar-refractivity contribution >= 4 is 17.2 Å². The second-order valence-electron chi connectivity index (χ2n) is 8.85. The summed E-state index contributed by atoms with van der Waals surface area (Å²) in [7, 11) is 0. The number of pyridine rings is 2. The minimum absolute atomic E-state index is 0.0146. The molecular formula is C23H28FN3O3. The first kappa shape index (κ1) is 19.5. The van der Waals surface area contributed by atoms with Crippen LogP contribution in [0, 0.1) is 18.7 Å². The van der Waals surface area contributed by atoms with Gasteiger partial charge in [-0.05, 0) is 75.1 Å². The quantitative estimate of drug-likeness (QED) is 0.781. The molecule has 0 radical (unpaired) electrons. The summed E-state index contributed by atoms with van der Waals surface area (Å²) in [5.74, 6) is -0.224. The fourth-order valence-electron chi connectivity index (χ4n) is 5.32. The SMILES string of the molecule is CCOC(=O)c1cc(C2CC2)c2c(C)c(N3C[C@@H]4CCCN[C@@H]4C3)c(F)cn2c1=O. The van der Waals surface area contributed by atoms with Crippen LogP contribution in [-0.2, 0) is 4.74 Å². The third-order valence-corrected chi connectivity index (χ3v) is 6.87. The second kappa shape index (κ2) is 7.38. The van der Waals surface area contributed by atoms with Crippen LogP contribution >= 0.6 is 0 Å². The van der Waals surface area contributed by atoms with Crippen LogP contribution in [0.5, 0.6) is 0 Å². The molecule has 3 aliphatic rings. The molecule has 0 bridgehead atoms. The van der Waals surface area contributed by atoms with E-state index >= 15 is 4.39 Å². The van der Waals surface area contributed by atoms with Gasteiger partial charge in [0.15, 0.2) is 5.82 Å². The van der Waals surface area contributed by atoms with Gasteiger partial charge in [0.05, 0.1) is 24.0 Å². The molecule has 30 heavy (non-hydrogen) atoms. The summed E-state index contributed by atoms with van der Waals surface area (Å²) >= 11 is 0. The number of piperidine rings is 1. The molecule has 1 saturated carbocycles. The van der Waals surface area contributed by atoms with Crippen molar-refractivity contribution in [3.63, 3.8) is 0 Å². The first-order chi connectivity index (χ1) is 14.5. The third-order valence-electron chi connectivity index (χ3n) is 6.87. The van der Waals surface area contributed by atoms with Gasteiger partial charge in [-0.3, -0.25) is 9.20 Å². The monoisotopic (exact) mass is 413 g/mol. The molecule has 0 amide bonds. The van der Waals surface area contributed by atoms with E-state index in [0.29, 0.717) is 23.6 Å². The summed E-state index contributed by atoms with van der Waals surface area (Å²) in [6, 6.07) is 2.08. The van der Waals surface area contributed by atoms with E-state index in [-0.39, 0.29) is 12.2 Å². The Morgan fingerprint density at radius 3 is 2.80 bits per heavy atom. The van der Waals surface area contributed by atoms with Crippen LogP contribution in [0.3, 0.4) is 0 Å². The Bertz CT molecular complexity index is 1060. The number of hydrogen-bond donors (Lipinski definition) is 1. The molecule has 0 aromatic carbocycles. The molecule has 2 aromatic heterocycles. The fraction of sp³-hybridized carbons (Fsp3) is 0.565. The number of rotatable bonds is 4. The first-order valence-electron chi connectivity index (χ1n) is 11.0. The summed E-state index contributed by atoms with van der Waals surface area (Å²) in [5.41, 5.74) is 2.54. The maximum atomic E-state index is 15.4.